The molecule has 2 heterocycles. The van der Waals surface area contributed by atoms with Crippen LogP contribution in [0.25, 0.3) is 0 Å². The number of ether oxygens (including phenoxy) is 1. The molecule has 0 aromatic carbocycles. The van der Waals surface area contributed by atoms with Gasteiger partial charge >= 0.3 is 5.97 Å². The van der Waals surface area contributed by atoms with E-state index in [1.54, 1.807) is 5.38 Å². The van der Waals surface area contributed by atoms with Crippen LogP contribution in [-0.4, -0.2) is 26.5 Å². The standard InChI is InChI=1S/C11H11N3O4S2/c1-18-11(15)9-7(4-6-19-9)14-20(16,17)8-3-2-5-13-10(8)12/h2-6,14H,1H3,(H2,12,13). The van der Waals surface area contributed by atoms with Crippen LogP contribution in [0, 0.1) is 0 Å². The van der Waals surface area contributed by atoms with Crippen LogP contribution in [0.2, 0.25) is 0 Å². The number of rotatable bonds is 4. The lowest BCUT2D eigenvalue weighted by atomic mass is 10.4. The summed E-state index contributed by atoms with van der Waals surface area (Å²) in [4.78, 5) is 15.2. The molecule has 0 radical (unpaired) electrons. The molecule has 0 saturated heterocycles. The first-order chi connectivity index (χ1) is 9.45. The lowest BCUT2D eigenvalue weighted by Gasteiger charge is -2.09. The Balaban J connectivity index is 2.37. The second kappa shape index (κ2) is 5.47. The topological polar surface area (TPSA) is 111 Å². The minimum Gasteiger partial charge on any atom is -0.465 e. The molecule has 0 spiro atoms. The van der Waals surface area contributed by atoms with Gasteiger partial charge in [0.15, 0.2) is 0 Å². The molecule has 0 aliphatic heterocycles. The van der Waals surface area contributed by atoms with Gasteiger partial charge in [0, 0.05) is 6.20 Å². The molecule has 0 bridgehead atoms. The molecule has 9 heteroatoms. The fourth-order valence-electron chi connectivity index (χ4n) is 1.47. The van der Waals surface area contributed by atoms with Crippen molar-refractivity contribution < 1.29 is 17.9 Å². The van der Waals surface area contributed by atoms with Crippen molar-refractivity contribution >= 4 is 38.8 Å². The average molecular weight is 313 g/mol. The van der Waals surface area contributed by atoms with E-state index in [0.29, 0.717) is 0 Å². The molecule has 0 fully saturated rings. The highest BCUT2D eigenvalue weighted by Crippen LogP contribution is 2.26. The van der Waals surface area contributed by atoms with E-state index in [0.717, 1.165) is 11.3 Å². The Bertz CT molecular complexity index is 740. The molecule has 0 aliphatic rings. The van der Waals surface area contributed by atoms with Gasteiger partial charge in [-0.2, -0.15) is 0 Å². The second-order valence-corrected chi connectivity index (χ2v) is 6.21. The zero-order chi connectivity index (χ0) is 14.8. The predicted octanol–water partition coefficient (Wildman–Crippen LogP) is 1.31. The number of anilines is 2. The summed E-state index contributed by atoms with van der Waals surface area (Å²) in [5.74, 6) is -0.730. The Morgan fingerprint density at radius 2 is 2.20 bits per heavy atom. The van der Waals surface area contributed by atoms with E-state index < -0.39 is 16.0 Å². The average Bonchev–Trinajstić information content (AvgIpc) is 2.85. The monoisotopic (exact) mass is 313 g/mol. The first-order valence-electron chi connectivity index (χ1n) is 5.35. The lowest BCUT2D eigenvalue weighted by Crippen LogP contribution is -2.16. The van der Waals surface area contributed by atoms with Crippen LogP contribution in [0.4, 0.5) is 11.5 Å². The first kappa shape index (κ1) is 14.3. The van der Waals surface area contributed by atoms with Gasteiger partial charge in [-0.3, -0.25) is 4.72 Å². The summed E-state index contributed by atoms with van der Waals surface area (Å²) in [7, 11) is -2.70. The molecule has 106 valence electrons. The fourth-order valence-corrected chi connectivity index (χ4v) is 3.46. The number of hydrogen-bond donors (Lipinski definition) is 2. The molecule has 20 heavy (non-hydrogen) atoms. The van der Waals surface area contributed by atoms with Gasteiger partial charge in [-0.1, -0.05) is 0 Å². The van der Waals surface area contributed by atoms with E-state index in [1.165, 1.54) is 31.5 Å². The smallest absolute Gasteiger partial charge is 0.350 e. The van der Waals surface area contributed by atoms with Crippen molar-refractivity contribution in [3.8, 4) is 0 Å². The highest BCUT2D eigenvalue weighted by atomic mass is 32.2. The number of esters is 1. The van der Waals surface area contributed by atoms with Crippen LogP contribution in [0.5, 0.6) is 0 Å². The molecule has 0 unspecified atom stereocenters. The number of nitrogens with zero attached hydrogens (tertiary/aromatic N) is 1. The van der Waals surface area contributed by atoms with Gasteiger partial charge in [0.2, 0.25) is 0 Å². The zero-order valence-electron chi connectivity index (χ0n) is 10.4. The van der Waals surface area contributed by atoms with Crippen LogP contribution in [0.3, 0.4) is 0 Å². The van der Waals surface area contributed by atoms with Crippen molar-refractivity contribution in [1.29, 1.82) is 0 Å². The predicted molar refractivity (Wildman–Crippen MR) is 75.1 cm³/mol. The molecule has 2 rings (SSSR count). The van der Waals surface area contributed by atoms with Gasteiger partial charge in [-0.25, -0.2) is 18.2 Å². The van der Waals surface area contributed by atoms with Crippen LogP contribution in [0.15, 0.2) is 34.7 Å². The van der Waals surface area contributed by atoms with E-state index >= 15 is 0 Å². The van der Waals surface area contributed by atoms with E-state index in [2.05, 4.69) is 14.4 Å². The van der Waals surface area contributed by atoms with Crippen LogP contribution in [-0.2, 0) is 14.8 Å². The third-order valence-electron chi connectivity index (χ3n) is 2.37. The molecular formula is C11H11N3O4S2. The summed E-state index contributed by atoms with van der Waals surface area (Å²) in [5.41, 5.74) is 5.68. The Kier molecular flexibility index (Phi) is 3.91. The third kappa shape index (κ3) is 2.73. The Morgan fingerprint density at radius 3 is 2.85 bits per heavy atom. The number of nitrogens with two attached hydrogens (primary N) is 1. The third-order valence-corrected chi connectivity index (χ3v) is 4.68. The number of carbonyl (C=O) groups excluding carboxylic acids is 1. The number of sulfonamides is 1. The maximum Gasteiger partial charge on any atom is 0.350 e. The molecule has 0 amide bonds. The summed E-state index contributed by atoms with van der Waals surface area (Å²) in [6.07, 6.45) is 1.39. The maximum absolute atomic E-state index is 12.2. The number of pyridine rings is 1. The normalized spacial score (nSPS) is 11.1. The summed E-state index contributed by atoms with van der Waals surface area (Å²) in [5, 5.41) is 1.58. The van der Waals surface area contributed by atoms with E-state index in [1.807, 2.05) is 0 Å². The SMILES string of the molecule is COC(=O)c1sccc1NS(=O)(=O)c1cccnc1N. The molecule has 7 nitrogen and oxygen atoms in total. The molecule has 0 saturated carbocycles. The van der Waals surface area contributed by atoms with Crippen molar-refractivity contribution in [2.75, 3.05) is 17.6 Å². The fraction of sp³-hybridized carbons (Fsp3) is 0.0909. The quantitative estimate of drug-likeness (QED) is 0.823. The number of hydrogen-bond acceptors (Lipinski definition) is 7. The van der Waals surface area contributed by atoms with Gasteiger partial charge in [0.1, 0.15) is 15.6 Å². The number of nitrogen functional groups attached to an aromatic ring is 1. The molecular weight excluding hydrogens is 302 g/mol. The largest absolute Gasteiger partial charge is 0.465 e. The number of aromatic nitrogens is 1. The minimum atomic E-state index is -3.92. The van der Waals surface area contributed by atoms with Gasteiger partial charge in [0.05, 0.1) is 12.8 Å². The van der Waals surface area contributed by atoms with Gasteiger partial charge in [0.25, 0.3) is 10.0 Å². The summed E-state index contributed by atoms with van der Waals surface area (Å²) in [6.45, 7) is 0. The minimum absolute atomic E-state index is 0.116. The van der Waals surface area contributed by atoms with Crippen LogP contribution < -0.4 is 10.5 Å². The van der Waals surface area contributed by atoms with Gasteiger partial charge in [-0.15, -0.1) is 11.3 Å². The molecule has 3 N–H and O–H groups in total. The van der Waals surface area contributed by atoms with Crippen molar-refractivity contribution in [2.45, 2.75) is 4.90 Å². The van der Waals surface area contributed by atoms with Gasteiger partial charge < -0.3 is 10.5 Å². The molecule has 2 aromatic rings. The Hall–Kier alpha value is -2.13. The molecule has 2 aromatic heterocycles. The number of methoxy groups -OCH3 is 1. The molecule has 0 atom stereocenters. The van der Waals surface area contributed by atoms with Crippen molar-refractivity contribution in [1.82, 2.24) is 4.98 Å². The highest BCUT2D eigenvalue weighted by molar-refractivity contribution is 7.92. The lowest BCUT2D eigenvalue weighted by molar-refractivity contribution is 0.0607. The van der Waals surface area contributed by atoms with E-state index in [9.17, 15) is 13.2 Å². The Morgan fingerprint density at radius 1 is 1.45 bits per heavy atom. The van der Waals surface area contributed by atoms with Crippen LogP contribution >= 0.6 is 11.3 Å². The summed E-state index contributed by atoms with van der Waals surface area (Å²) < 4.78 is 31.3. The molecule has 0 aliphatic carbocycles. The van der Waals surface area contributed by atoms with Crippen molar-refractivity contribution in [3.63, 3.8) is 0 Å². The zero-order valence-corrected chi connectivity index (χ0v) is 12.0. The van der Waals surface area contributed by atoms with E-state index in [4.69, 9.17) is 5.73 Å². The number of thiophene rings is 1. The van der Waals surface area contributed by atoms with Crippen molar-refractivity contribution in [2.24, 2.45) is 0 Å². The number of carbonyl (C=O) groups is 1. The second-order valence-electron chi connectivity index (χ2n) is 3.65. The summed E-state index contributed by atoms with van der Waals surface area (Å²) in [6, 6.07) is 4.26. The van der Waals surface area contributed by atoms with Crippen molar-refractivity contribution in [3.05, 3.63) is 34.7 Å². The maximum atomic E-state index is 12.2. The van der Waals surface area contributed by atoms with E-state index in [-0.39, 0.29) is 21.3 Å². The number of nitrogens with one attached hydrogen (secondary N) is 1. The Labute approximate surface area is 119 Å². The first-order valence-corrected chi connectivity index (χ1v) is 7.71. The summed E-state index contributed by atoms with van der Waals surface area (Å²) >= 11 is 1.07. The van der Waals surface area contributed by atoms with Gasteiger partial charge in [-0.05, 0) is 23.6 Å². The van der Waals surface area contributed by atoms with Crippen LogP contribution in [0.1, 0.15) is 9.67 Å². The highest BCUT2D eigenvalue weighted by Gasteiger charge is 2.22.